The van der Waals surface area contributed by atoms with Crippen molar-refractivity contribution in [2.45, 2.75) is 45.5 Å². The van der Waals surface area contributed by atoms with Gasteiger partial charge < -0.3 is 25.4 Å². The van der Waals surface area contributed by atoms with Crippen LogP contribution in [-0.4, -0.2) is 59.9 Å². The van der Waals surface area contributed by atoms with Crippen molar-refractivity contribution in [3.8, 4) is 0 Å². The van der Waals surface area contributed by atoms with Crippen LogP contribution < -0.4 is 5.32 Å². The quantitative estimate of drug-likeness (QED) is 0.429. The van der Waals surface area contributed by atoms with Crippen LogP contribution in [-0.2, 0) is 4.74 Å². The summed E-state index contributed by atoms with van der Waals surface area (Å²) in [6.45, 7) is 6.90. The standard InChI is InChI=1S/C12H27NO4/c1-9(2)4-10(3)17-8-12(16)6-13-5-11(15)7-14/h9-16H,4-8H2,1-3H3. The van der Waals surface area contributed by atoms with Crippen LogP contribution in [0.4, 0.5) is 0 Å². The second-order valence-corrected chi connectivity index (χ2v) is 4.92. The first kappa shape index (κ1) is 16.8. The van der Waals surface area contributed by atoms with Gasteiger partial charge in [0.15, 0.2) is 0 Å². The van der Waals surface area contributed by atoms with Gasteiger partial charge in [-0.15, -0.1) is 0 Å². The molecule has 17 heavy (non-hydrogen) atoms. The smallest absolute Gasteiger partial charge is 0.0897 e. The van der Waals surface area contributed by atoms with Gasteiger partial charge in [-0.2, -0.15) is 0 Å². The molecule has 0 aromatic heterocycles. The Morgan fingerprint density at radius 2 is 1.65 bits per heavy atom. The van der Waals surface area contributed by atoms with Crippen molar-refractivity contribution in [1.82, 2.24) is 5.32 Å². The molecule has 5 heteroatoms. The van der Waals surface area contributed by atoms with E-state index in [0.717, 1.165) is 6.42 Å². The number of aliphatic hydroxyl groups is 3. The first-order chi connectivity index (χ1) is 7.95. The van der Waals surface area contributed by atoms with E-state index in [1.807, 2.05) is 6.92 Å². The van der Waals surface area contributed by atoms with Gasteiger partial charge in [-0.1, -0.05) is 13.8 Å². The summed E-state index contributed by atoms with van der Waals surface area (Å²) in [7, 11) is 0. The Hall–Kier alpha value is -0.200. The number of nitrogens with one attached hydrogen (secondary N) is 1. The molecule has 0 rings (SSSR count). The maximum atomic E-state index is 9.59. The van der Waals surface area contributed by atoms with Crippen LogP contribution in [0.15, 0.2) is 0 Å². The summed E-state index contributed by atoms with van der Waals surface area (Å²) in [4.78, 5) is 0. The van der Waals surface area contributed by atoms with E-state index >= 15 is 0 Å². The van der Waals surface area contributed by atoms with Crippen molar-refractivity contribution in [2.24, 2.45) is 5.92 Å². The van der Waals surface area contributed by atoms with Crippen molar-refractivity contribution in [1.29, 1.82) is 0 Å². The monoisotopic (exact) mass is 249 g/mol. The van der Waals surface area contributed by atoms with Crippen molar-refractivity contribution in [3.63, 3.8) is 0 Å². The minimum atomic E-state index is -0.775. The zero-order valence-electron chi connectivity index (χ0n) is 11.1. The lowest BCUT2D eigenvalue weighted by atomic mass is 10.1. The molecule has 0 spiro atoms. The molecule has 0 heterocycles. The second-order valence-electron chi connectivity index (χ2n) is 4.92. The lowest BCUT2D eigenvalue weighted by molar-refractivity contribution is -0.00974. The largest absolute Gasteiger partial charge is 0.394 e. The van der Waals surface area contributed by atoms with Gasteiger partial charge in [-0.05, 0) is 19.3 Å². The SMILES string of the molecule is CC(C)CC(C)OCC(O)CNCC(O)CO. The Morgan fingerprint density at radius 1 is 1.06 bits per heavy atom. The zero-order chi connectivity index (χ0) is 13.3. The number of aliphatic hydroxyl groups excluding tert-OH is 3. The lowest BCUT2D eigenvalue weighted by Gasteiger charge is -2.18. The number of rotatable bonds is 10. The summed E-state index contributed by atoms with van der Waals surface area (Å²) >= 11 is 0. The topological polar surface area (TPSA) is 82.0 Å². The molecule has 0 aromatic rings. The van der Waals surface area contributed by atoms with Crippen LogP contribution in [0.5, 0.6) is 0 Å². The van der Waals surface area contributed by atoms with E-state index in [2.05, 4.69) is 19.2 Å². The maximum Gasteiger partial charge on any atom is 0.0897 e. The van der Waals surface area contributed by atoms with E-state index in [-0.39, 0.29) is 25.9 Å². The van der Waals surface area contributed by atoms with E-state index in [4.69, 9.17) is 14.9 Å². The molecule has 0 radical (unpaired) electrons. The fourth-order valence-corrected chi connectivity index (χ4v) is 1.55. The van der Waals surface area contributed by atoms with Crippen LogP contribution >= 0.6 is 0 Å². The third kappa shape index (κ3) is 10.7. The molecule has 0 saturated carbocycles. The highest BCUT2D eigenvalue weighted by molar-refractivity contribution is 4.63. The number of hydrogen-bond donors (Lipinski definition) is 4. The van der Waals surface area contributed by atoms with E-state index in [0.29, 0.717) is 12.5 Å². The van der Waals surface area contributed by atoms with Gasteiger partial charge in [0.25, 0.3) is 0 Å². The van der Waals surface area contributed by atoms with Crippen molar-refractivity contribution in [2.75, 3.05) is 26.3 Å². The predicted octanol–water partition coefficient (Wildman–Crippen LogP) is -0.259. The average molecular weight is 249 g/mol. The zero-order valence-corrected chi connectivity index (χ0v) is 11.1. The van der Waals surface area contributed by atoms with E-state index < -0.39 is 12.2 Å². The Morgan fingerprint density at radius 3 is 2.18 bits per heavy atom. The van der Waals surface area contributed by atoms with Gasteiger partial charge in [0.05, 0.1) is 31.5 Å². The fraction of sp³-hybridized carbons (Fsp3) is 1.00. The highest BCUT2D eigenvalue weighted by Crippen LogP contribution is 2.07. The Bertz CT molecular complexity index is 178. The van der Waals surface area contributed by atoms with Crippen LogP contribution in [0.3, 0.4) is 0 Å². The summed E-state index contributed by atoms with van der Waals surface area (Å²) in [6, 6.07) is 0. The minimum Gasteiger partial charge on any atom is -0.394 e. The van der Waals surface area contributed by atoms with Crippen LogP contribution in [0.1, 0.15) is 27.2 Å². The molecule has 0 aliphatic rings. The Kier molecular flexibility index (Phi) is 9.68. The first-order valence-electron chi connectivity index (χ1n) is 6.25. The average Bonchev–Trinajstić information content (AvgIpc) is 2.25. The molecular weight excluding hydrogens is 222 g/mol. The molecule has 0 aromatic carbocycles. The molecule has 0 aliphatic heterocycles. The van der Waals surface area contributed by atoms with Gasteiger partial charge >= 0.3 is 0 Å². The van der Waals surface area contributed by atoms with Crippen LogP contribution in [0, 0.1) is 5.92 Å². The molecule has 0 fully saturated rings. The highest BCUT2D eigenvalue weighted by atomic mass is 16.5. The predicted molar refractivity (Wildman–Crippen MR) is 66.8 cm³/mol. The molecule has 0 aliphatic carbocycles. The van der Waals surface area contributed by atoms with Gasteiger partial charge in [-0.25, -0.2) is 0 Å². The third-order valence-corrected chi connectivity index (χ3v) is 2.35. The lowest BCUT2D eigenvalue weighted by Crippen LogP contribution is -2.37. The molecule has 0 bridgehead atoms. The van der Waals surface area contributed by atoms with E-state index in [9.17, 15) is 5.11 Å². The summed E-state index contributed by atoms with van der Waals surface area (Å²) in [5.74, 6) is 0.583. The molecular formula is C12H27NO4. The molecule has 104 valence electrons. The maximum absolute atomic E-state index is 9.59. The fourth-order valence-electron chi connectivity index (χ4n) is 1.55. The van der Waals surface area contributed by atoms with Crippen molar-refractivity contribution in [3.05, 3.63) is 0 Å². The molecule has 5 nitrogen and oxygen atoms in total. The first-order valence-corrected chi connectivity index (χ1v) is 6.25. The molecule has 3 unspecified atom stereocenters. The molecule has 4 N–H and O–H groups in total. The van der Waals surface area contributed by atoms with Crippen LogP contribution in [0.2, 0.25) is 0 Å². The summed E-state index contributed by atoms with van der Waals surface area (Å²) in [6.07, 6.45) is -0.241. The van der Waals surface area contributed by atoms with Gasteiger partial charge in [0.1, 0.15) is 0 Å². The van der Waals surface area contributed by atoms with Crippen molar-refractivity contribution >= 4 is 0 Å². The van der Waals surface area contributed by atoms with Gasteiger partial charge in [0, 0.05) is 13.1 Å². The molecule has 0 amide bonds. The summed E-state index contributed by atoms with van der Waals surface area (Å²) < 4.78 is 5.50. The molecule has 0 saturated heterocycles. The Balaban J connectivity index is 3.48. The number of ether oxygens (including phenoxy) is 1. The van der Waals surface area contributed by atoms with E-state index in [1.165, 1.54) is 0 Å². The second kappa shape index (κ2) is 9.79. The van der Waals surface area contributed by atoms with Gasteiger partial charge in [0.2, 0.25) is 0 Å². The third-order valence-electron chi connectivity index (χ3n) is 2.35. The highest BCUT2D eigenvalue weighted by Gasteiger charge is 2.10. The van der Waals surface area contributed by atoms with Crippen molar-refractivity contribution < 1.29 is 20.1 Å². The summed E-state index contributed by atoms with van der Waals surface area (Å²) in [5.41, 5.74) is 0. The summed E-state index contributed by atoms with van der Waals surface area (Å²) in [5, 5.41) is 30.1. The Labute approximate surface area is 104 Å². The van der Waals surface area contributed by atoms with E-state index in [1.54, 1.807) is 0 Å². The van der Waals surface area contributed by atoms with Crippen LogP contribution in [0.25, 0.3) is 0 Å². The minimum absolute atomic E-state index is 0.146. The molecule has 3 atom stereocenters. The number of hydrogen-bond acceptors (Lipinski definition) is 5. The normalized spacial score (nSPS) is 17.1. The van der Waals surface area contributed by atoms with Gasteiger partial charge in [-0.3, -0.25) is 0 Å².